The Bertz CT molecular complexity index is 573. The molecule has 0 saturated carbocycles. The summed E-state index contributed by atoms with van der Waals surface area (Å²) in [6, 6.07) is 17.6. The summed E-state index contributed by atoms with van der Waals surface area (Å²) in [6.45, 7) is 5.93. The van der Waals surface area contributed by atoms with Crippen molar-refractivity contribution in [3.8, 4) is 0 Å². The number of benzene rings is 2. The third-order valence-corrected chi connectivity index (χ3v) is 3.34. The quantitative estimate of drug-likeness (QED) is 0.882. The molecule has 0 atom stereocenters. The van der Waals surface area contributed by atoms with Crippen LogP contribution in [0.25, 0.3) is 0 Å². The van der Waals surface area contributed by atoms with E-state index in [-0.39, 0.29) is 5.91 Å². The van der Waals surface area contributed by atoms with Crippen molar-refractivity contribution >= 4 is 11.6 Å². The van der Waals surface area contributed by atoms with Crippen molar-refractivity contribution in [2.75, 3.05) is 5.32 Å². The second-order valence-corrected chi connectivity index (χ2v) is 5.31. The lowest BCUT2D eigenvalue weighted by atomic mass is 9.83. The first-order valence-electron chi connectivity index (χ1n) is 6.44. The molecule has 0 aromatic heterocycles. The minimum absolute atomic E-state index is 0.00398. The van der Waals surface area contributed by atoms with Crippen molar-refractivity contribution in [2.45, 2.75) is 26.2 Å². The van der Waals surface area contributed by atoms with Gasteiger partial charge in [0.25, 0.3) is 0 Å². The number of amides is 1. The predicted molar refractivity (Wildman–Crippen MR) is 79.3 cm³/mol. The number of anilines is 1. The van der Waals surface area contributed by atoms with Crippen molar-refractivity contribution in [3.63, 3.8) is 0 Å². The summed E-state index contributed by atoms with van der Waals surface area (Å²) in [5.41, 5.74) is 2.47. The highest BCUT2D eigenvalue weighted by Crippen LogP contribution is 2.25. The van der Waals surface area contributed by atoms with Crippen LogP contribution in [0.2, 0.25) is 0 Å². The van der Waals surface area contributed by atoms with Gasteiger partial charge in [-0.3, -0.25) is 4.79 Å². The van der Waals surface area contributed by atoms with Gasteiger partial charge in [0.15, 0.2) is 0 Å². The van der Waals surface area contributed by atoms with E-state index in [4.69, 9.17) is 0 Å². The van der Waals surface area contributed by atoms with Crippen LogP contribution in [-0.2, 0) is 10.2 Å². The van der Waals surface area contributed by atoms with E-state index in [0.29, 0.717) is 0 Å². The fraction of sp³-hybridized carbons (Fsp3) is 0.235. The van der Waals surface area contributed by atoms with Crippen molar-refractivity contribution in [2.24, 2.45) is 0 Å². The summed E-state index contributed by atoms with van der Waals surface area (Å²) >= 11 is 0. The molecule has 0 aliphatic rings. The summed E-state index contributed by atoms with van der Waals surface area (Å²) < 4.78 is 0. The zero-order valence-electron chi connectivity index (χ0n) is 11.6. The maximum Gasteiger partial charge on any atom is 0.234 e. The normalized spacial score (nSPS) is 11.1. The minimum Gasteiger partial charge on any atom is -0.325 e. The molecular formula is C17H19NO. The van der Waals surface area contributed by atoms with Crippen LogP contribution >= 0.6 is 0 Å². The lowest BCUT2D eigenvalue weighted by molar-refractivity contribution is -0.120. The molecule has 2 heteroatoms. The van der Waals surface area contributed by atoms with Gasteiger partial charge in [-0.25, -0.2) is 0 Å². The number of rotatable bonds is 3. The van der Waals surface area contributed by atoms with E-state index >= 15 is 0 Å². The van der Waals surface area contributed by atoms with E-state index < -0.39 is 5.41 Å². The molecule has 98 valence electrons. The van der Waals surface area contributed by atoms with Crippen LogP contribution in [0.5, 0.6) is 0 Å². The molecule has 0 saturated heterocycles. The highest BCUT2D eigenvalue weighted by molar-refractivity contribution is 5.98. The average molecular weight is 253 g/mol. The van der Waals surface area contributed by atoms with Gasteiger partial charge in [-0.05, 0) is 38.5 Å². The number of hydrogen-bond acceptors (Lipinski definition) is 1. The monoisotopic (exact) mass is 253 g/mol. The van der Waals surface area contributed by atoms with Crippen LogP contribution in [0.15, 0.2) is 54.6 Å². The fourth-order valence-corrected chi connectivity index (χ4v) is 1.97. The summed E-state index contributed by atoms with van der Waals surface area (Å²) in [5.74, 6) is 0.00398. The summed E-state index contributed by atoms with van der Waals surface area (Å²) in [6.07, 6.45) is 0. The average Bonchev–Trinajstić information content (AvgIpc) is 2.40. The maximum atomic E-state index is 12.4. The van der Waals surface area contributed by atoms with Crippen molar-refractivity contribution in [1.29, 1.82) is 0 Å². The van der Waals surface area contributed by atoms with Crippen molar-refractivity contribution in [1.82, 2.24) is 0 Å². The second-order valence-electron chi connectivity index (χ2n) is 5.31. The van der Waals surface area contributed by atoms with Crippen LogP contribution in [-0.4, -0.2) is 5.91 Å². The topological polar surface area (TPSA) is 29.1 Å². The molecule has 19 heavy (non-hydrogen) atoms. The van der Waals surface area contributed by atoms with Gasteiger partial charge in [-0.2, -0.15) is 0 Å². The molecule has 0 unspecified atom stereocenters. The molecule has 0 aliphatic heterocycles. The van der Waals surface area contributed by atoms with E-state index in [0.717, 1.165) is 16.8 Å². The lowest BCUT2D eigenvalue weighted by Crippen LogP contribution is -2.34. The van der Waals surface area contributed by atoms with Crippen molar-refractivity contribution in [3.05, 3.63) is 65.7 Å². The van der Waals surface area contributed by atoms with E-state index in [1.54, 1.807) is 0 Å². The fourth-order valence-electron chi connectivity index (χ4n) is 1.97. The number of nitrogens with one attached hydrogen (secondary N) is 1. The molecule has 2 aromatic carbocycles. The van der Waals surface area contributed by atoms with Gasteiger partial charge in [0.2, 0.25) is 5.91 Å². The molecule has 1 N–H and O–H groups in total. The Morgan fingerprint density at radius 1 is 1.00 bits per heavy atom. The highest BCUT2D eigenvalue weighted by atomic mass is 16.2. The Kier molecular flexibility index (Phi) is 3.70. The Hall–Kier alpha value is -2.09. The summed E-state index contributed by atoms with van der Waals surface area (Å²) in [7, 11) is 0. The molecule has 0 aliphatic carbocycles. The van der Waals surface area contributed by atoms with Gasteiger partial charge in [0.05, 0.1) is 5.41 Å². The number of carbonyl (C=O) groups is 1. The van der Waals surface area contributed by atoms with Gasteiger partial charge in [-0.15, -0.1) is 0 Å². The molecule has 1 amide bonds. The first-order chi connectivity index (χ1) is 9.00. The zero-order chi connectivity index (χ0) is 13.9. The van der Waals surface area contributed by atoms with Gasteiger partial charge in [0.1, 0.15) is 0 Å². The molecule has 0 fully saturated rings. The number of carbonyl (C=O) groups excluding carboxylic acids is 1. The third-order valence-electron chi connectivity index (χ3n) is 3.34. The predicted octanol–water partition coefficient (Wildman–Crippen LogP) is 3.91. The van der Waals surface area contributed by atoms with Gasteiger partial charge in [0, 0.05) is 5.69 Å². The van der Waals surface area contributed by atoms with Crippen LogP contribution < -0.4 is 5.32 Å². The Morgan fingerprint density at radius 2 is 1.68 bits per heavy atom. The SMILES string of the molecule is Cc1cccc(C(C)(C)C(=O)Nc2ccccc2)c1. The summed E-state index contributed by atoms with van der Waals surface area (Å²) in [4.78, 5) is 12.4. The minimum atomic E-state index is -0.554. The molecule has 0 bridgehead atoms. The van der Waals surface area contributed by atoms with Gasteiger partial charge >= 0.3 is 0 Å². The number of para-hydroxylation sites is 1. The highest BCUT2D eigenvalue weighted by Gasteiger charge is 2.29. The first kappa shape index (κ1) is 13.3. The van der Waals surface area contributed by atoms with Crippen LogP contribution in [0.3, 0.4) is 0 Å². The molecule has 2 aromatic rings. The van der Waals surface area contributed by atoms with Gasteiger partial charge in [-0.1, -0.05) is 48.0 Å². The maximum absolute atomic E-state index is 12.4. The Morgan fingerprint density at radius 3 is 2.32 bits per heavy atom. The molecule has 2 nitrogen and oxygen atoms in total. The largest absolute Gasteiger partial charge is 0.325 e. The summed E-state index contributed by atoms with van der Waals surface area (Å²) in [5, 5.41) is 2.96. The molecule has 2 rings (SSSR count). The standard InChI is InChI=1S/C17H19NO/c1-13-8-7-9-14(12-13)17(2,3)16(19)18-15-10-5-4-6-11-15/h4-12H,1-3H3,(H,18,19). The Labute approximate surface area is 114 Å². The van der Waals surface area contributed by atoms with E-state index in [1.165, 1.54) is 0 Å². The zero-order valence-corrected chi connectivity index (χ0v) is 11.6. The number of aryl methyl sites for hydroxylation is 1. The number of hydrogen-bond donors (Lipinski definition) is 1. The molecular weight excluding hydrogens is 234 g/mol. The molecule has 0 spiro atoms. The third kappa shape index (κ3) is 3.02. The van der Waals surface area contributed by atoms with E-state index in [9.17, 15) is 4.79 Å². The van der Waals surface area contributed by atoms with Crippen molar-refractivity contribution < 1.29 is 4.79 Å². The van der Waals surface area contributed by atoms with E-state index in [2.05, 4.69) is 11.4 Å². The van der Waals surface area contributed by atoms with E-state index in [1.807, 2.05) is 69.3 Å². The Balaban J connectivity index is 2.22. The van der Waals surface area contributed by atoms with Gasteiger partial charge < -0.3 is 5.32 Å². The van der Waals surface area contributed by atoms with Crippen LogP contribution in [0, 0.1) is 6.92 Å². The smallest absolute Gasteiger partial charge is 0.234 e. The van der Waals surface area contributed by atoms with Crippen LogP contribution in [0.4, 0.5) is 5.69 Å². The van der Waals surface area contributed by atoms with Crippen LogP contribution in [0.1, 0.15) is 25.0 Å². The first-order valence-corrected chi connectivity index (χ1v) is 6.44. The molecule has 0 heterocycles. The molecule has 0 radical (unpaired) electrons. The lowest BCUT2D eigenvalue weighted by Gasteiger charge is -2.24. The second kappa shape index (κ2) is 5.27.